The minimum absolute atomic E-state index is 0.161. The van der Waals surface area contributed by atoms with Crippen LogP contribution in [0.15, 0.2) is 23.2 Å². The number of nitrogens with zero attached hydrogens (tertiary/aromatic N) is 2. The van der Waals surface area contributed by atoms with Gasteiger partial charge in [0.2, 0.25) is 0 Å². The number of aliphatic imine (C=N–C) groups is 1. The Morgan fingerprint density at radius 3 is 2.70 bits per heavy atom. The van der Waals surface area contributed by atoms with Gasteiger partial charge in [-0.25, -0.2) is 4.39 Å². The fraction of sp³-hybridized carbons (Fsp3) is 0.611. The van der Waals surface area contributed by atoms with Crippen molar-refractivity contribution < 1.29 is 4.39 Å². The van der Waals surface area contributed by atoms with Crippen LogP contribution >= 0.6 is 0 Å². The predicted molar refractivity (Wildman–Crippen MR) is 94.2 cm³/mol. The van der Waals surface area contributed by atoms with E-state index in [1.54, 1.807) is 26.1 Å². The highest BCUT2D eigenvalue weighted by Gasteiger charge is 2.14. The molecule has 1 aromatic carbocycles. The molecule has 0 spiro atoms. The Morgan fingerprint density at radius 1 is 1.30 bits per heavy atom. The fourth-order valence-corrected chi connectivity index (χ4v) is 2.89. The Labute approximate surface area is 139 Å². The predicted octanol–water partition coefficient (Wildman–Crippen LogP) is 2.53. The normalized spacial score (nSPS) is 17.3. The molecule has 0 aliphatic carbocycles. The number of benzene rings is 1. The summed E-state index contributed by atoms with van der Waals surface area (Å²) in [6.07, 6.45) is 2.66. The molecule has 1 heterocycles. The number of hydrogen-bond acceptors (Lipinski definition) is 2. The molecule has 0 saturated carbocycles. The summed E-state index contributed by atoms with van der Waals surface area (Å²) in [5, 5.41) is 6.60. The molecule has 128 valence electrons. The van der Waals surface area contributed by atoms with Crippen molar-refractivity contribution in [2.75, 3.05) is 33.2 Å². The number of aryl methyl sites for hydroxylation is 1. The maximum Gasteiger partial charge on any atom is 0.191 e. The van der Waals surface area contributed by atoms with E-state index in [4.69, 9.17) is 0 Å². The van der Waals surface area contributed by atoms with Crippen LogP contribution in [-0.2, 0) is 6.54 Å². The molecule has 0 radical (unpaired) electrons. The molecule has 5 heteroatoms. The van der Waals surface area contributed by atoms with Crippen LogP contribution in [0.5, 0.6) is 0 Å². The highest BCUT2D eigenvalue weighted by molar-refractivity contribution is 5.79. The van der Waals surface area contributed by atoms with Crippen LogP contribution in [0, 0.1) is 18.7 Å². The summed E-state index contributed by atoms with van der Waals surface area (Å²) < 4.78 is 13.6. The second-order valence-electron chi connectivity index (χ2n) is 6.50. The Kier molecular flexibility index (Phi) is 6.84. The van der Waals surface area contributed by atoms with Crippen LogP contribution in [0.3, 0.4) is 0 Å². The average Bonchev–Trinajstić information content (AvgIpc) is 3.03. The Hall–Kier alpha value is -1.62. The van der Waals surface area contributed by atoms with E-state index in [1.165, 1.54) is 25.9 Å². The van der Waals surface area contributed by atoms with Crippen molar-refractivity contribution in [1.29, 1.82) is 0 Å². The summed E-state index contributed by atoms with van der Waals surface area (Å²) in [7, 11) is 1.76. The quantitative estimate of drug-likeness (QED) is 0.625. The highest BCUT2D eigenvalue weighted by Crippen LogP contribution is 2.10. The van der Waals surface area contributed by atoms with Crippen molar-refractivity contribution in [2.24, 2.45) is 10.9 Å². The summed E-state index contributed by atoms with van der Waals surface area (Å²) in [4.78, 5) is 6.76. The number of nitrogens with one attached hydrogen (secondary N) is 2. The first kappa shape index (κ1) is 17.7. The molecule has 1 unspecified atom stereocenters. The van der Waals surface area contributed by atoms with E-state index >= 15 is 0 Å². The van der Waals surface area contributed by atoms with Gasteiger partial charge in [-0.2, -0.15) is 0 Å². The van der Waals surface area contributed by atoms with Crippen LogP contribution in [0.1, 0.15) is 30.9 Å². The Balaban J connectivity index is 1.73. The zero-order valence-corrected chi connectivity index (χ0v) is 14.5. The van der Waals surface area contributed by atoms with Crippen molar-refractivity contribution in [1.82, 2.24) is 15.5 Å². The monoisotopic (exact) mass is 320 g/mol. The molecule has 2 N–H and O–H groups in total. The first-order chi connectivity index (χ1) is 11.1. The van der Waals surface area contributed by atoms with Gasteiger partial charge in [-0.05, 0) is 56.0 Å². The van der Waals surface area contributed by atoms with Gasteiger partial charge in [-0.3, -0.25) is 4.99 Å². The third kappa shape index (κ3) is 5.82. The zero-order valence-electron chi connectivity index (χ0n) is 14.5. The molecule has 2 rings (SSSR count). The molecule has 1 fully saturated rings. The minimum atomic E-state index is -0.161. The summed E-state index contributed by atoms with van der Waals surface area (Å²) in [5.74, 6) is 1.18. The lowest BCUT2D eigenvalue weighted by molar-refractivity contribution is 0.287. The van der Waals surface area contributed by atoms with Gasteiger partial charge in [-0.15, -0.1) is 0 Å². The lowest BCUT2D eigenvalue weighted by Gasteiger charge is -2.21. The lowest BCUT2D eigenvalue weighted by atomic mass is 10.1. The number of likely N-dealkylation sites (tertiary alicyclic amines) is 1. The maximum atomic E-state index is 13.6. The smallest absolute Gasteiger partial charge is 0.191 e. The van der Waals surface area contributed by atoms with Crippen LogP contribution in [0.4, 0.5) is 4.39 Å². The van der Waals surface area contributed by atoms with E-state index in [-0.39, 0.29) is 5.82 Å². The molecule has 1 atom stereocenters. The standard InChI is InChI=1S/C18H29FN4/c1-14(13-23-8-4-5-9-23)11-21-18(20-3)22-12-16-7-6-15(2)17(19)10-16/h6-7,10,14H,4-5,8-9,11-13H2,1-3H3,(H2,20,21,22). The van der Waals surface area contributed by atoms with Crippen molar-refractivity contribution >= 4 is 5.96 Å². The van der Waals surface area contributed by atoms with Gasteiger partial charge in [-0.1, -0.05) is 19.1 Å². The van der Waals surface area contributed by atoms with E-state index in [1.807, 2.05) is 6.07 Å². The van der Waals surface area contributed by atoms with Gasteiger partial charge in [0.1, 0.15) is 5.82 Å². The zero-order chi connectivity index (χ0) is 16.7. The average molecular weight is 320 g/mol. The van der Waals surface area contributed by atoms with Crippen molar-refractivity contribution in [2.45, 2.75) is 33.2 Å². The van der Waals surface area contributed by atoms with Gasteiger partial charge in [0, 0.05) is 26.7 Å². The second kappa shape index (κ2) is 8.87. The second-order valence-corrected chi connectivity index (χ2v) is 6.50. The number of halogens is 1. The first-order valence-corrected chi connectivity index (χ1v) is 8.50. The molecule has 4 nitrogen and oxygen atoms in total. The lowest BCUT2D eigenvalue weighted by Crippen LogP contribution is -2.41. The van der Waals surface area contributed by atoms with Crippen LogP contribution in [0.2, 0.25) is 0 Å². The summed E-state index contributed by atoms with van der Waals surface area (Å²) in [6, 6.07) is 5.32. The third-order valence-corrected chi connectivity index (χ3v) is 4.31. The molecule has 23 heavy (non-hydrogen) atoms. The van der Waals surface area contributed by atoms with Crippen LogP contribution < -0.4 is 10.6 Å². The van der Waals surface area contributed by atoms with Crippen LogP contribution in [0.25, 0.3) is 0 Å². The van der Waals surface area contributed by atoms with Crippen molar-refractivity contribution in [3.8, 4) is 0 Å². The van der Waals surface area contributed by atoms with Gasteiger partial charge in [0.05, 0.1) is 0 Å². The molecule has 1 aromatic rings. The summed E-state index contributed by atoms with van der Waals surface area (Å²) in [5.41, 5.74) is 1.59. The van der Waals surface area contributed by atoms with E-state index in [0.717, 1.165) is 24.6 Å². The Morgan fingerprint density at radius 2 is 2.04 bits per heavy atom. The molecule has 0 amide bonds. The van der Waals surface area contributed by atoms with Crippen molar-refractivity contribution in [3.63, 3.8) is 0 Å². The molecule has 1 aliphatic heterocycles. The van der Waals surface area contributed by atoms with Gasteiger partial charge >= 0.3 is 0 Å². The van der Waals surface area contributed by atoms with E-state index in [9.17, 15) is 4.39 Å². The maximum absolute atomic E-state index is 13.6. The van der Waals surface area contributed by atoms with E-state index in [0.29, 0.717) is 18.0 Å². The largest absolute Gasteiger partial charge is 0.356 e. The molecule has 1 saturated heterocycles. The number of guanidine groups is 1. The molecular formula is C18H29FN4. The molecule has 1 aliphatic rings. The molecular weight excluding hydrogens is 291 g/mol. The highest BCUT2D eigenvalue weighted by atomic mass is 19.1. The third-order valence-electron chi connectivity index (χ3n) is 4.31. The van der Waals surface area contributed by atoms with E-state index in [2.05, 4.69) is 27.4 Å². The van der Waals surface area contributed by atoms with Crippen LogP contribution in [-0.4, -0.2) is 44.1 Å². The van der Waals surface area contributed by atoms with Gasteiger partial charge in [0.15, 0.2) is 5.96 Å². The van der Waals surface area contributed by atoms with E-state index < -0.39 is 0 Å². The Bertz CT molecular complexity index is 524. The topological polar surface area (TPSA) is 39.7 Å². The van der Waals surface area contributed by atoms with Gasteiger partial charge < -0.3 is 15.5 Å². The minimum Gasteiger partial charge on any atom is -0.356 e. The summed E-state index contributed by atoms with van der Waals surface area (Å²) >= 11 is 0. The van der Waals surface area contributed by atoms with Gasteiger partial charge in [0.25, 0.3) is 0 Å². The SMILES string of the molecule is CN=C(NCc1ccc(C)c(F)c1)NCC(C)CN1CCCC1. The first-order valence-electron chi connectivity index (χ1n) is 8.50. The number of rotatable bonds is 6. The molecule has 0 aromatic heterocycles. The fourth-order valence-electron chi connectivity index (χ4n) is 2.89. The summed E-state index contributed by atoms with van der Waals surface area (Å²) in [6.45, 7) is 9.08. The van der Waals surface area contributed by atoms with Crippen molar-refractivity contribution in [3.05, 3.63) is 35.1 Å². The number of hydrogen-bond donors (Lipinski definition) is 2. The molecule has 0 bridgehead atoms.